The number of aliphatic hydroxyl groups is 2. The van der Waals surface area contributed by atoms with E-state index >= 15 is 0 Å². The quantitative estimate of drug-likeness (QED) is 0.0946. The molecule has 5 atom stereocenters. The molecule has 2 aromatic heterocycles. The molecule has 3 heterocycles. The van der Waals surface area contributed by atoms with Crippen LogP contribution in [0.3, 0.4) is 0 Å². The van der Waals surface area contributed by atoms with Crippen molar-refractivity contribution in [2.45, 2.75) is 121 Å². The molecule has 42 heavy (non-hydrogen) atoms. The second-order valence-corrected chi connectivity index (χ2v) is 14.0. The highest BCUT2D eigenvalue weighted by Crippen LogP contribution is 2.46. The van der Waals surface area contributed by atoms with Crippen LogP contribution in [0.2, 0.25) is 0 Å². The van der Waals surface area contributed by atoms with Crippen LogP contribution in [0.15, 0.2) is 18.5 Å². The molecule has 1 aliphatic rings. The molecule has 13 heteroatoms. The molecule has 0 spiro atoms. The van der Waals surface area contributed by atoms with Crippen molar-refractivity contribution in [1.29, 1.82) is 0 Å². The number of fused-ring (bicyclic) bond motifs is 1. The standard InChI is InChI=1S/C29H51N4O7PS/c1-3-4-5-6-7-8-9-10-11-12-13-14-19-42-20-15-18-38-41(36,37)39-21-24-26(34)27(35)29(2,40-24)25-17-16-23-28(30)31-22-32-33(23)25/h16-17,22,24,26-27,34-35H,3-15,18-21H2,1-2H3,(H,36,37)(H2,30,31,32)/t24-,26-,27-,29+/m1/s1. The van der Waals surface area contributed by atoms with E-state index in [4.69, 9.17) is 19.5 Å². The molecule has 5 N–H and O–H groups in total. The zero-order valence-electron chi connectivity index (χ0n) is 25.2. The van der Waals surface area contributed by atoms with Crippen molar-refractivity contribution in [1.82, 2.24) is 14.6 Å². The van der Waals surface area contributed by atoms with Gasteiger partial charge in [0.05, 0.1) is 18.9 Å². The number of rotatable bonds is 22. The highest BCUT2D eigenvalue weighted by atomic mass is 32.2. The van der Waals surface area contributed by atoms with Gasteiger partial charge in [-0.25, -0.2) is 14.1 Å². The average Bonchev–Trinajstić information content (AvgIpc) is 3.50. The number of anilines is 1. The van der Waals surface area contributed by atoms with Crippen LogP contribution >= 0.6 is 19.6 Å². The molecule has 1 aliphatic heterocycles. The topological polar surface area (TPSA) is 162 Å². The SMILES string of the molecule is CCCCCCCCCCCCCCSCCCOP(=O)(O)OC[C@H]1O[C@@](C)(c2ccc3c(N)ncnn23)[C@H](O)[C@@H]1O. The van der Waals surface area contributed by atoms with E-state index in [1.807, 2.05) is 11.8 Å². The first kappa shape index (κ1) is 35.2. The first-order valence-electron chi connectivity index (χ1n) is 15.5. The summed E-state index contributed by atoms with van der Waals surface area (Å²) >= 11 is 1.83. The van der Waals surface area contributed by atoms with Gasteiger partial charge in [0.15, 0.2) is 5.82 Å². The lowest BCUT2D eigenvalue weighted by Crippen LogP contribution is -2.39. The number of unbranched alkanes of at least 4 members (excludes halogenated alkanes) is 11. The lowest BCUT2D eigenvalue weighted by molar-refractivity contribution is -0.0888. The normalized spacial score (nSPS) is 24.0. The number of nitrogens with zero attached hydrogens (tertiary/aromatic N) is 3. The van der Waals surface area contributed by atoms with Gasteiger partial charge in [-0.1, -0.05) is 77.6 Å². The average molecular weight is 631 g/mol. The van der Waals surface area contributed by atoms with Gasteiger partial charge < -0.3 is 25.6 Å². The van der Waals surface area contributed by atoms with Gasteiger partial charge in [-0.2, -0.15) is 16.9 Å². The van der Waals surface area contributed by atoms with Crippen molar-refractivity contribution < 1.29 is 33.5 Å². The lowest BCUT2D eigenvalue weighted by atomic mass is 9.93. The third-order valence-electron chi connectivity index (χ3n) is 7.89. The Kier molecular flexibility index (Phi) is 15.0. The summed E-state index contributed by atoms with van der Waals surface area (Å²) in [5.41, 5.74) is 5.51. The van der Waals surface area contributed by atoms with Crippen molar-refractivity contribution >= 4 is 30.9 Å². The number of nitrogen functional groups attached to an aromatic ring is 1. The van der Waals surface area contributed by atoms with Gasteiger partial charge in [0.1, 0.15) is 35.8 Å². The van der Waals surface area contributed by atoms with Crippen LogP contribution in [0.25, 0.3) is 5.52 Å². The molecule has 0 aliphatic carbocycles. The monoisotopic (exact) mass is 630 g/mol. The highest BCUT2D eigenvalue weighted by molar-refractivity contribution is 7.99. The van der Waals surface area contributed by atoms with E-state index in [9.17, 15) is 19.7 Å². The van der Waals surface area contributed by atoms with E-state index in [0.29, 0.717) is 17.6 Å². The number of ether oxygens (including phenoxy) is 1. The fraction of sp³-hybridized carbons (Fsp3) is 0.793. The van der Waals surface area contributed by atoms with Crippen molar-refractivity contribution in [3.8, 4) is 0 Å². The van der Waals surface area contributed by atoms with Crippen LogP contribution in [-0.4, -0.2) is 72.7 Å². The molecule has 11 nitrogen and oxygen atoms in total. The van der Waals surface area contributed by atoms with E-state index in [1.165, 1.54) is 87.9 Å². The van der Waals surface area contributed by atoms with Crippen molar-refractivity contribution in [2.24, 2.45) is 0 Å². The van der Waals surface area contributed by atoms with Gasteiger partial charge in [-0.3, -0.25) is 9.05 Å². The summed E-state index contributed by atoms with van der Waals surface area (Å²) < 4.78 is 30.1. The molecule has 0 radical (unpaired) electrons. The van der Waals surface area contributed by atoms with Crippen molar-refractivity contribution in [3.05, 3.63) is 24.2 Å². The predicted molar refractivity (Wildman–Crippen MR) is 166 cm³/mol. The Balaban J connectivity index is 1.24. The minimum atomic E-state index is -4.35. The summed E-state index contributed by atoms with van der Waals surface area (Å²) in [6, 6.07) is 3.37. The van der Waals surface area contributed by atoms with E-state index in [0.717, 1.165) is 11.5 Å². The molecule has 1 unspecified atom stereocenters. The Bertz CT molecular complexity index is 1110. The molecule has 1 fully saturated rings. The molecule has 0 saturated carbocycles. The highest BCUT2D eigenvalue weighted by Gasteiger charge is 2.54. The van der Waals surface area contributed by atoms with E-state index in [2.05, 4.69) is 17.0 Å². The van der Waals surface area contributed by atoms with Gasteiger partial charge in [-0.15, -0.1) is 0 Å². The summed E-state index contributed by atoms with van der Waals surface area (Å²) in [6.45, 7) is 3.51. The molecule has 1 saturated heterocycles. The second-order valence-electron chi connectivity index (χ2n) is 11.3. The molecular weight excluding hydrogens is 579 g/mol. The van der Waals surface area contributed by atoms with Crippen LogP contribution < -0.4 is 5.73 Å². The fourth-order valence-corrected chi connectivity index (χ4v) is 7.05. The Morgan fingerprint density at radius 2 is 1.62 bits per heavy atom. The van der Waals surface area contributed by atoms with Gasteiger partial charge in [0.2, 0.25) is 0 Å². The number of aromatic nitrogens is 3. The molecule has 3 rings (SSSR count). The molecular formula is C29H51N4O7PS. The summed E-state index contributed by atoms with van der Waals surface area (Å²) in [5.74, 6) is 2.18. The maximum atomic E-state index is 12.4. The predicted octanol–water partition coefficient (Wildman–Crippen LogP) is 5.61. The van der Waals surface area contributed by atoms with Gasteiger partial charge in [-0.05, 0) is 43.4 Å². The summed E-state index contributed by atoms with van der Waals surface area (Å²) in [7, 11) is -4.35. The minimum Gasteiger partial charge on any atom is -0.387 e. The number of thioether (sulfide) groups is 1. The Hall–Kier alpha value is -1.24. The molecule has 0 aromatic carbocycles. The molecule has 0 bridgehead atoms. The second kappa shape index (κ2) is 17.9. The molecule has 2 aromatic rings. The summed E-state index contributed by atoms with van der Waals surface area (Å²) in [5, 5.41) is 25.6. The molecule has 240 valence electrons. The summed E-state index contributed by atoms with van der Waals surface area (Å²) in [6.07, 6.45) is 14.2. The maximum absolute atomic E-state index is 12.4. The maximum Gasteiger partial charge on any atom is 0.472 e. The van der Waals surface area contributed by atoms with Crippen LogP contribution in [0, 0.1) is 0 Å². The van der Waals surface area contributed by atoms with Crippen LogP contribution in [-0.2, 0) is 24.0 Å². The number of aliphatic hydroxyl groups excluding tert-OH is 2. The Morgan fingerprint density at radius 1 is 1.00 bits per heavy atom. The molecule has 0 amide bonds. The Labute approximate surface area is 254 Å². The largest absolute Gasteiger partial charge is 0.472 e. The number of phosphoric acid groups is 1. The first-order chi connectivity index (χ1) is 20.2. The first-order valence-corrected chi connectivity index (χ1v) is 18.2. The number of phosphoric ester groups is 1. The zero-order chi connectivity index (χ0) is 30.4. The number of hydrogen-bond acceptors (Lipinski definition) is 10. The third-order valence-corrected chi connectivity index (χ3v) is 10.0. The smallest absolute Gasteiger partial charge is 0.387 e. The van der Waals surface area contributed by atoms with Crippen LogP contribution in [0.4, 0.5) is 5.82 Å². The lowest BCUT2D eigenvalue weighted by Gasteiger charge is -2.27. The van der Waals surface area contributed by atoms with Gasteiger partial charge >= 0.3 is 7.82 Å². The van der Waals surface area contributed by atoms with Gasteiger partial charge in [0, 0.05) is 0 Å². The number of hydrogen-bond donors (Lipinski definition) is 4. The number of nitrogens with two attached hydrogens (primary N) is 1. The fourth-order valence-electron chi connectivity index (χ4n) is 5.35. The zero-order valence-corrected chi connectivity index (χ0v) is 26.9. The van der Waals surface area contributed by atoms with E-state index < -0.39 is 38.3 Å². The Morgan fingerprint density at radius 3 is 2.29 bits per heavy atom. The minimum absolute atomic E-state index is 0.0882. The van der Waals surface area contributed by atoms with Crippen LogP contribution in [0.5, 0.6) is 0 Å². The van der Waals surface area contributed by atoms with Gasteiger partial charge in [0.25, 0.3) is 0 Å². The van der Waals surface area contributed by atoms with Crippen LogP contribution in [0.1, 0.15) is 103 Å². The summed E-state index contributed by atoms with van der Waals surface area (Å²) in [4.78, 5) is 14.1. The van der Waals surface area contributed by atoms with Crippen molar-refractivity contribution in [2.75, 3.05) is 30.5 Å². The van der Waals surface area contributed by atoms with E-state index in [1.54, 1.807) is 19.1 Å². The van der Waals surface area contributed by atoms with E-state index in [-0.39, 0.29) is 12.4 Å². The van der Waals surface area contributed by atoms with Crippen molar-refractivity contribution in [3.63, 3.8) is 0 Å². The third kappa shape index (κ3) is 10.4.